The number of hydrogen-bond donors (Lipinski definition) is 0. The van der Waals surface area contributed by atoms with Crippen LogP contribution in [0, 0.1) is 6.92 Å². The molecule has 2 atom stereocenters. The fourth-order valence-electron chi connectivity index (χ4n) is 4.58. The number of likely N-dealkylation sites (tertiary alicyclic amines) is 1. The largest absolute Gasteiger partial charge is 0.297 e. The van der Waals surface area contributed by atoms with E-state index in [4.69, 9.17) is 0 Å². The first kappa shape index (κ1) is 15.0. The van der Waals surface area contributed by atoms with Crippen LogP contribution in [-0.2, 0) is 12.8 Å². The minimum atomic E-state index is 0.768. The molecule has 0 aromatic heterocycles. The zero-order valence-corrected chi connectivity index (χ0v) is 14.4. The van der Waals surface area contributed by atoms with Crippen molar-refractivity contribution in [2.75, 3.05) is 6.54 Å². The highest BCUT2D eigenvalue weighted by molar-refractivity contribution is 5.68. The van der Waals surface area contributed by atoms with Crippen molar-refractivity contribution in [3.8, 4) is 11.1 Å². The lowest BCUT2D eigenvalue weighted by atomic mass is 9.85. The van der Waals surface area contributed by atoms with Crippen molar-refractivity contribution in [1.82, 2.24) is 4.90 Å². The molecule has 2 aromatic rings. The fraction of sp³-hybridized carbons (Fsp3) is 0.455. The summed E-state index contributed by atoms with van der Waals surface area (Å²) >= 11 is 0. The summed E-state index contributed by atoms with van der Waals surface area (Å²) in [5.74, 6) is 0. The van der Waals surface area contributed by atoms with Crippen LogP contribution in [0.1, 0.15) is 42.9 Å². The van der Waals surface area contributed by atoms with Crippen LogP contribution in [0.5, 0.6) is 0 Å². The van der Waals surface area contributed by atoms with Crippen molar-refractivity contribution in [3.05, 3.63) is 59.2 Å². The third-order valence-corrected chi connectivity index (χ3v) is 5.94. The van der Waals surface area contributed by atoms with E-state index in [1.54, 1.807) is 11.1 Å². The van der Waals surface area contributed by atoms with Gasteiger partial charge in [-0.3, -0.25) is 4.90 Å². The van der Waals surface area contributed by atoms with E-state index in [1.165, 1.54) is 55.3 Å². The van der Waals surface area contributed by atoms with Crippen molar-refractivity contribution in [2.24, 2.45) is 0 Å². The lowest BCUT2D eigenvalue weighted by Gasteiger charge is -2.35. The topological polar surface area (TPSA) is 3.24 Å². The molecule has 120 valence electrons. The molecule has 0 bridgehead atoms. The zero-order valence-electron chi connectivity index (χ0n) is 14.4. The van der Waals surface area contributed by atoms with Gasteiger partial charge in [0.25, 0.3) is 0 Å². The van der Waals surface area contributed by atoms with Gasteiger partial charge in [0.15, 0.2) is 0 Å². The summed E-state index contributed by atoms with van der Waals surface area (Å²) in [7, 11) is 0. The van der Waals surface area contributed by atoms with E-state index >= 15 is 0 Å². The van der Waals surface area contributed by atoms with Crippen LogP contribution >= 0.6 is 0 Å². The molecule has 1 heterocycles. The number of rotatable bonds is 2. The molecule has 1 fully saturated rings. The van der Waals surface area contributed by atoms with Gasteiger partial charge in [0.05, 0.1) is 0 Å². The summed E-state index contributed by atoms with van der Waals surface area (Å²) in [5, 5.41) is 0. The number of fused-ring (bicyclic) bond motifs is 1. The Bertz CT molecular complexity index is 703. The van der Waals surface area contributed by atoms with Crippen molar-refractivity contribution in [2.45, 2.75) is 58.0 Å². The van der Waals surface area contributed by atoms with E-state index in [1.807, 2.05) is 0 Å². The summed E-state index contributed by atoms with van der Waals surface area (Å²) < 4.78 is 0. The molecule has 1 nitrogen and oxygen atoms in total. The van der Waals surface area contributed by atoms with Crippen molar-refractivity contribution < 1.29 is 0 Å². The fourth-order valence-corrected chi connectivity index (χ4v) is 4.58. The maximum Gasteiger partial charge on any atom is 0.0142 e. The van der Waals surface area contributed by atoms with Gasteiger partial charge in [0.1, 0.15) is 0 Å². The second-order valence-electron chi connectivity index (χ2n) is 7.42. The Morgan fingerprint density at radius 1 is 1.00 bits per heavy atom. The summed E-state index contributed by atoms with van der Waals surface area (Å²) in [6.45, 7) is 5.92. The first-order valence-electron chi connectivity index (χ1n) is 9.16. The van der Waals surface area contributed by atoms with E-state index in [9.17, 15) is 0 Å². The second kappa shape index (κ2) is 6.13. The Hall–Kier alpha value is -1.60. The van der Waals surface area contributed by atoms with Crippen LogP contribution in [0.4, 0.5) is 0 Å². The third-order valence-electron chi connectivity index (χ3n) is 5.94. The summed E-state index contributed by atoms with van der Waals surface area (Å²) in [6.07, 6.45) is 6.58. The Morgan fingerprint density at radius 2 is 1.87 bits per heavy atom. The van der Waals surface area contributed by atoms with Crippen LogP contribution in [0.3, 0.4) is 0 Å². The summed E-state index contributed by atoms with van der Waals surface area (Å²) in [5.41, 5.74) is 7.29. The lowest BCUT2D eigenvalue weighted by molar-refractivity contribution is 0.174. The van der Waals surface area contributed by atoms with Gasteiger partial charge in [-0.1, -0.05) is 42.5 Å². The average Bonchev–Trinajstić information content (AvgIpc) is 3.00. The Morgan fingerprint density at radius 3 is 2.65 bits per heavy atom. The Kier molecular flexibility index (Phi) is 3.98. The Labute approximate surface area is 140 Å². The predicted molar refractivity (Wildman–Crippen MR) is 97.8 cm³/mol. The van der Waals surface area contributed by atoms with Crippen molar-refractivity contribution in [3.63, 3.8) is 0 Å². The standard InChI is InChI=1S/C22H27N/c1-16-6-3-4-8-22(16)20-10-9-19-15-21(12-11-18(19)14-20)23-13-5-7-17(23)2/h3-4,6,8-10,14,17,21H,5,7,11-13,15H2,1-2H3. The van der Waals surface area contributed by atoms with Gasteiger partial charge in [0.2, 0.25) is 0 Å². The van der Waals surface area contributed by atoms with Crippen LogP contribution in [0.2, 0.25) is 0 Å². The van der Waals surface area contributed by atoms with Crippen LogP contribution in [0.15, 0.2) is 42.5 Å². The molecule has 1 saturated heterocycles. The molecule has 0 amide bonds. The normalized spacial score (nSPS) is 24.6. The predicted octanol–water partition coefficient (Wildman–Crippen LogP) is 5.00. The molecule has 2 aromatic carbocycles. The maximum atomic E-state index is 2.76. The van der Waals surface area contributed by atoms with E-state index in [0.717, 1.165) is 12.1 Å². The van der Waals surface area contributed by atoms with Crippen LogP contribution in [0.25, 0.3) is 11.1 Å². The number of benzene rings is 2. The summed E-state index contributed by atoms with van der Waals surface area (Å²) in [6, 6.07) is 17.4. The smallest absolute Gasteiger partial charge is 0.0142 e. The van der Waals surface area contributed by atoms with Gasteiger partial charge in [-0.05, 0) is 80.3 Å². The lowest BCUT2D eigenvalue weighted by Crippen LogP contribution is -2.41. The molecule has 2 aliphatic rings. The Balaban J connectivity index is 1.59. The van der Waals surface area contributed by atoms with Gasteiger partial charge in [-0.2, -0.15) is 0 Å². The highest BCUT2D eigenvalue weighted by Gasteiger charge is 2.30. The highest BCUT2D eigenvalue weighted by atomic mass is 15.2. The molecule has 4 rings (SSSR count). The minimum absolute atomic E-state index is 0.768. The van der Waals surface area contributed by atoms with Gasteiger partial charge in [-0.25, -0.2) is 0 Å². The molecule has 1 heteroatoms. The molecular weight excluding hydrogens is 278 g/mol. The van der Waals surface area contributed by atoms with E-state index < -0.39 is 0 Å². The quantitative estimate of drug-likeness (QED) is 0.754. The van der Waals surface area contributed by atoms with Crippen molar-refractivity contribution in [1.29, 1.82) is 0 Å². The third kappa shape index (κ3) is 2.83. The van der Waals surface area contributed by atoms with Crippen molar-refractivity contribution >= 4 is 0 Å². The second-order valence-corrected chi connectivity index (χ2v) is 7.42. The van der Waals surface area contributed by atoms with Gasteiger partial charge >= 0.3 is 0 Å². The van der Waals surface area contributed by atoms with E-state index in [2.05, 4.69) is 61.2 Å². The van der Waals surface area contributed by atoms with E-state index in [-0.39, 0.29) is 0 Å². The first-order chi connectivity index (χ1) is 11.2. The number of nitrogens with zero attached hydrogens (tertiary/aromatic N) is 1. The zero-order chi connectivity index (χ0) is 15.8. The SMILES string of the molecule is Cc1ccccc1-c1ccc2c(c1)CCC(N1CCCC1C)C2. The molecule has 0 radical (unpaired) electrons. The number of hydrogen-bond acceptors (Lipinski definition) is 1. The minimum Gasteiger partial charge on any atom is -0.297 e. The number of aryl methyl sites for hydroxylation is 2. The molecule has 0 spiro atoms. The van der Waals surface area contributed by atoms with Gasteiger partial charge in [-0.15, -0.1) is 0 Å². The molecular formula is C22H27N. The molecule has 1 aliphatic carbocycles. The monoisotopic (exact) mass is 305 g/mol. The highest BCUT2D eigenvalue weighted by Crippen LogP contribution is 2.32. The molecule has 2 unspecified atom stereocenters. The molecule has 0 saturated carbocycles. The molecule has 0 N–H and O–H groups in total. The van der Waals surface area contributed by atoms with E-state index in [0.29, 0.717) is 0 Å². The first-order valence-corrected chi connectivity index (χ1v) is 9.16. The average molecular weight is 305 g/mol. The molecule has 23 heavy (non-hydrogen) atoms. The molecule has 1 aliphatic heterocycles. The maximum absolute atomic E-state index is 2.76. The van der Waals surface area contributed by atoms with Crippen LogP contribution in [-0.4, -0.2) is 23.5 Å². The summed E-state index contributed by atoms with van der Waals surface area (Å²) in [4.78, 5) is 2.76. The van der Waals surface area contributed by atoms with Crippen LogP contribution < -0.4 is 0 Å². The van der Waals surface area contributed by atoms with Gasteiger partial charge in [0, 0.05) is 12.1 Å². The van der Waals surface area contributed by atoms with Gasteiger partial charge < -0.3 is 0 Å².